The van der Waals surface area contributed by atoms with Crippen molar-refractivity contribution in [2.45, 2.75) is 46.2 Å². The summed E-state index contributed by atoms with van der Waals surface area (Å²) in [5.74, 6) is -3.06. The number of carboxylic acids is 1. The van der Waals surface area contributed by atoms with Crippen molar-refractivity contribution in [2.75, 3.05) is 13.2 Å². The standard InChI is InChI=1S/C28H32N4O7/c1-16(2)26(32-24(34)15-38-23-11-7-9-19-8-5-6-10-20(19)23)27(37)31-21(13-25(35)36)22(33)14-39-28-29-17(3)12-18(4)30-28/h5-12,16,21,26H,13-15H2,1-4H3,(H,31,37)(H,32,34)(H,35,36)/t21-,26-/m0/s1. The van der Waals surface area contributed by atoms with E-state index in [4.69, 9.17) is 9.47 Å². The third-order valence-electron chi connectivity index (χ3n) is 5.76. The van der Waals surface area contributed by atoms with Crippen LogP contribution in [0.15, 0.2) is 48.5 Å². The van der Waals surface area contributed by atoms with E-state index < -0.39 is 48.7 Å². The van der Waals surface area contributed by atoms with Gasteiger partial charge in [0.15, 0.2) is 19.0 Å². The minimum absolute atomic E-state index is 0.0280. The Morgan fingerprint density at radius 3 is 2.23 bits per heavy atom. The third kappa shape index (κ3) is 8.49. The van der Waals surface area contributed by atoms with E-state index in [1.54, 1.807) is 39.8 Å². The summed E-state index contributed by atoms with van der Waals surface area (Å²) in [5, 5.41) is 16.2. The summed E-state index contributed by atoms with van der Waals surface area (Å²) in [6.45, 7) is 6.02. The number of benzene rings is 2. The minimum atomic E-state index is -1.38. The van der Waals surface area contributed by atoms with Gasteiger partial charge in [-0.05, 0) is 37.3 Å². The van der Waals surface area contributed by atoms with Gasteiger partial charge in [0, 0.05) is 16.8 Å². The molecule has 2 amide bonds. The number of amides is 2. The second-order valence-corrected chi connectivity index (χ2v) is 9.40. The molecule has 0 radical (unpaired) electrons. The Morgan fingerprint density at radius 2 is 1.56 bits per heavy atom. The van der Waals surface area contributed by atoms with Crippen LogP contribution in [0, 0.1) is 19.8 Å². The number of rotatable bonds is 13. The Hall–Kier alpha value is -4.54. The molecule has 206 valence electrons. The zero-order valence-corrected chi connectivity index (χ0v) is 22.3. The fourth-order valence-electron chi connectivity index (χ4n) is 3.89. The highest BCUT2D eigenvalue weighted by Crippen LogP contribution is 2.25. The molecule has 3 rings (SSSR count). The molecule has 2 atom stereocenters. The van der Waals surface area contributed by atoms with Crippen molar-refractivity contribution in [2.24, 2.45) is 5.92 Å². The average molecular weight is 537 g/mol. The molecule has 0 bridgehead atoms. The van der Waals surface area contributed by atoms with Gasteiger partial charge >= 0.3 is 12.0 Å². The first-order valence-electron chi connectivity index (χ1n) is 12.4. The highest BCUT2D eigenvalue weighted by molar-refractivity contribution is 5.95. The lowest BCUT2D eigenvalue weighted by Crippen LogP contribution is -2.55. The number of nitrogens with zero attached hydrogens (tertiary/aromatic N) is 2. The van der Waals surface area contributed by atoms with Crippen LogP contribution >= 0.6 is 0 Å². The molecule has 0 fully saturated rings. The molecule has 0 aliphatic carbocycles. The van der Waals surface area contributed by atoms with E-state index in [2.05, 4.69) is 20.6 Å². The SMILES string of the molecule is Cc1cc(C)nc(OCC(=O)[C@H](CC(=O)O)NC(=O)[C@@H](NC(=O)COc2cccc3ccccc23)C(C)C)n1. The van der Waals surface area contributed by atoms with E-state index in [-0.39, 0.29) is 18.5 Å². The maximum absolute atomic E-state index is 13.1. The molecule has 1 aromatic heterocycles. The van der Waals surface area contributed by atoms with Crippen LogP contribution in [0.1, 0.15) is 31.7 Å². The molecule has 0 aliphatic rings. The first-order chi connectivity index (χ1) is 18.5. The molecule has 0 aliphatic heterocycles. The highest BCUT2D eigenvalue weighted by Gasteiger charge is 2.30. The van der Waals surface area contributed by atoms with Gasteiger partial charge in [-0.25, -0.2) is 9.97 Å². The van der Waals surface area contributed by atoms with Crippen molar-refractivity contribution in [1.29, 1.82) is 0 Å². The molecule has 0 saturated carbocycles. The van der Waals surface area contributed by atoms with Gasteiger partial charge in [0.2, 0.25) is 5.91 Å². The highest BCUT2D eigenvalue weighted by atomic mass is 16.5. The van der Waals surface area contributed by atoms with E-state index in [0.717, 1.165) is 10.8 Å². The number of ketones is 1. The molecular weight excluding hydrogens is 504 g/mol. The number of aromatic nitrogens is 2. The summed E-state index contributed by atoms with van der Waals surface area (Å²) in [7, 11) is 0. The molecule has 11 heteroatoms. The number of carboxylic acid groups (broad SMARTS) is 1. The molecule has 3 aromatic rings. The molecule has 2 aromatic carbocycles. The van der Waals surface area contributed by atoms with Crippen molar-refractivity contribution in [3.63, 3.8) is 0 Å². The van der Waals surface area contributed by atoms with Gasteiger partial charge in [-0.1, -0.05) is 50.2 Å². The quantitative estimate of drug-likeness (QED) is 0.298. The number of hydrogen-bond donors (Lipinski definition) is 3. The van der Waals surface area contributed by atoms with Crippen LogP contribution in [-0.2, 0) is 19.2 Å². The van der Waals surface area contributed by atoms with Gasteiger partial charge in [-0.3, -0.25) is 19.2 Å². The zero-order valence-electron chi connectivity index (χ0n) is 22.3. The number of carbonyl (C=O) groups excluding carboxylic acids is 3. The molecular formula is C28H32N4O7. The smallest absolute Gasteiger partial charge is 0.317 e. The van der Waals surface area contributed by atoms with Gasteiger partial charge in [0.25, 0.3) is 5.91 Å². The summed E-state index contributed by atoms with van der Waals surface area (Å²) in [5.41, 5.74) is 1.28. The third-order valence-corrected chi connectivity index (χ3v) is 5.76. The Labute approximate surface area is 225 Å². The van der Waals surface area contributed by atoms with Crippen molar-refractivity contribution < 1.29 is 33.8 Å². The Morgan fingerprint density at radius 1 is 0.897 bits per heavy atom. The van der Waals surface area contributed by atoms with Gasteiger partial charge < -0.3 is 25.2 Å². The maximum Gasteiger partial charge on any atom is 0.317 e. The van der Waals surface area contributed by atoms with Crippen LogP contribution in [0.2, 0.25) is 0 Å². The molecule has 0 saturated heterocycles. The summed E-state index contributed by atoms with van der Waals surface area (Å²) in [6, 6.07) is 12.3. The number of nitrogens with one attached hydrogen (secondary N) is 2. The largest absolute Gasteiger partial charge is 0.483 e. The van der Waals surface area contributed by atoms with E-state index in [0.29, 0.717) is 17.1 Å². The summed E-state index contributed by atoms with van der Waals surface area (Å²) >= 11 is 0. The summed E-state index contributed by atoms with van der Waals surface area (Å²) < 4.78 is 11.0. The monoisotopic (exact) mass is 536 g/mol. The van der Waals surface area contributed by atoms with Crippen LogP contribution in [0.4, 0.5) is 0 Å². The van der Waals surface area contributed by atoms with E-state index in [1.165, 1.54) is 0 Å². The number of Topliss-reactive ketones (excluding diaryl/α,β-unsaturated/α-hetero) is 1. The minimum Gasteiger partial charge on any atom is -0.483 e. The van der Waals surface area contributed by atoms with Gasteiger partial charge in [-0.2, -0.15) is 0 Å². The maximum atomic E-state index is 13.1. The Bertz CT molecular complexity index is 1330. The number of ether oxygens (including phenoxy) is 2. The van der Waals surface area contributed by atoms with Crippen molar-refractivity contribution in [1.82, 2.24) is 20.6 Å². The first kappa shape index (κ1) is 29.0. The van der Waals surface area contributed by atoms with E-state index >= 15 is 0 Å². The predicted molar refractivity (Wildman–Crippen MR) is 142 cm³/mol. The predicted octanol–water partition coefficient (Wildman–Crippen LogP) is 2.37. The second-order valence-electron chi connectivity index (χ2n) is 9.40. The van der Waals surface area contributed by atoms with Crippen molar-refractivity contribution >= 4 is 34.3 Å². The second kappa shape index (κ2) is 13.3. The van der Waals surface area contributed by atoms with E-state index in [9.17, 15) is 24.3 Å². The molecule has 39 heavy (non-hydrogen) atoms. The van der Waals surface area contributed by atoms with Crippen LogP contribution in [0.3, 0.4) is 0 Å². The molecule has 0 unspecified atom stereocenters. The Kier molecular flexibility index (Phi) is 9.91. The molecule has 0 spiro atoms. The van der Waals surface area contributed by atoms with Gasteiger partial charge in [0.1, 0.15) is 17.8 Å². The Balaban J connectivity index is 1.62. The average Bonchev–Trinajstić information content (AvgIpc) is 2.87. The topological polar surface area (TPSA) is 157 Å². The van der Waals surface area contributed by atoms with E-state index in [1.807, 2.05) is 36.4 Å². The van der Waals surface area contributed by atoms with Gasteiger partial charge in [-0.15, -0.1) is 0 Å². The number of carbonyl (C=O) groups is 4. The summed E-state index contributed by atoms with van der Waals surface area (Å²) in [4.78, 5) is 58.1. The van der Waals surface area contributed by atoms with Crippen molar-refractivity contribution in [3.8, 4) is 11.8 Å². The fraction of sp³-hybridized carbons (Fsp3) is 0.357. The first-order valence-corrected chi connectivity index (χ1v) is 12.4. The number of fused-ring (bicyclic) bond motifs is 1. The molecule has 3 N–H and O–H groups in total. The molecule has 1 heterocycles. The van der Waals surface area contributed by atoms with Crippen LogP contribution in [-0.4, -0.2) is 63.9 Å². The number of aryl methyl sites for hydroxylation is 2. The van der Waals surface area contributed by atoms with Gasteiger partial charge in [0.05, 0.1) is 6.42 Å². The normalized spacial score (nSPS) is 12.4. The number of hydrogen-bond acceptors (Lipinski definition) is 8. The molecule has 11 nitrogen and oxygen atoms in total. The fourth-order valence-corrected chi connectivity index (χ4v) is 3.89. The zero-order chi connectivity index (χ0) is 28.5. The van der Waals surface area contributed by atoms with Crippen molar-refractivity contribution in [3.05, 3.63) is 59.9 Å². The summed E-state index contributed by atoms with van der Waals surface area (Å²) in [6.07, 6.45) is -0.662. The van der Waals surface area contributed by atoms with Crippen LogP contribution in [0.25, 0.3) is 10.8 Å². The number of aliphatic carboxylic acids is 1. The lowest BCUT2D eigenvalue weighted by Gasteiger charge is -2.24. The lowest BCUT2D eigenvalue weighted by atomic mass is 10.0. The van der Waals surface area contributed by atoms with Crippen LogP contribution < -0.4 is 20.1 Å². The lowest BCUT2D eigenvalue weighted by molar-refractivity contribution is -0.141. The van der Waals surface area contributed by atoms with Crippen LogP contribution in [0.5, 0.6) is 11.8 Å².